The summed E-state index contributed by atoms with van der Waals surface area (Å²) < 4.78 is 0. The second-order valence-electron chi connectivity index (χ2n) is 7.57. The number of aromatic amines is 1. The van der Waals surface area contributed by atoms with E-state index in [-0.39, 0.29) is 12.8 Å². The Morgan fingerprint density at radius 3 is 2.06 bits per heavy atom. The van der Waals surface area contributed by atoms with Crippen molar-refractivity contribution >= 4 is 53.2 Å². The number of thioether (sulfide) groups is 2. The molecule has 13 nitrogen and oxygen atoms in total. The van der Waals surface area contributed by atoms with Gasteiger partial charge in [-0.25, -0.2) is 9.78 Å². The molecular weight excluding hydrogens is 500 g/mol. The number of hydrogen-bond acceptors (Lipinski definition) is 9. The molecule has 4 unspecified atom stereocenters. The lowest BCUT2D eigenvalue weighted by molar-refractivity contribution is -0.143. The number of rotatable bonds is 17. The fourth-order valence-corrected chi connectivity index (χ4v) is 3.87. The fraction of sp³-hybridized carbons (Fsp3) is 0.600. The number of aliphatic carboxylic acids is 2. The minimum atomic E-state index is -1.57. The second kappa shape index (κ2) is 16.0. The fourth-order valence-electron chi connectivity index (χ4n) is 2.90. The van der Waals surface area contributed by atoms with Crippen LogP contribution in [-0.4, -0.2) is 98.0 Å². The number of carboxylic acid groups (broad SMARTS) is 2. The molecule has 0 aliphatic carbocycles. The Kier molecular flexibility index (Phi) is 13.8. The third-order valence-corrected chi connectivity index (χ3v) is 6.11. The molecule has 0 aromatic carbocycles. The van der Waals surface area contributed by atoms with Crippen molar-refractivity contribution in [2.45, 2.75) is 49.9 Å². The zero-order valence-corrected chi connectivity index (χ0v) is 21.1. The Morgan fingerprint density at radius 2 is 1.51 bits per heavy atom. The van der Waals surface area contributed by atoms with Crippen molar-refractivity contribution in [1.82, 2.24) is 25.9 Å². The van der Waals surface area contributed by atoms with Gasteiger partial charge in [0.15, 0.2) is 0 Å². The number of hydrogen-bond donors (Lipinski definition) is 7. The van der Waals surface area contributed by atoms with E-state index in [0.717, 1.165) is 0 Å². The van der Waals surface area contributed by atoms with Gasteiger partial charge in [-0.15, -0.1) is 0 Å². The van der Waals surface area contributed by atoms with Gasteiger partial charge in [-0.2, -0.15) is 23.5 Å². The summed E-state index contributed by atoms with van der Waals surface area (Å²) in [5, 5.41) is 25.8. The van der Waals surface area contributed by atoms with Crippen molar-refractivity contribution in [3.8, 4) is 0 Å². The Balaban J connectivity index is 2.94. The van der Waals surface area contributed by atoms with Crippen LogP contribution in [0.15, 0.2) is 12.5 Å². The zero-order valence-electron chi connectivity index (χ0n) is 19.5. The molecule has 35 heavy (non-hydrogen) atoms. The highest BCUT2D eigenvalue weighted by atomic mass is 32.2. The van der Waals surface area contributed by atoms with Crippen LogP contribution < -0.4 is 21.7 Å². The lowest BCUT2D eigenvalue weighted by Crippen LogP contribution is -2.57. The SMILES string of the molecule is CSCCC(N)C(=O)NC(CCSC)C(=O)NC(CC(=O)O)C(=O)NC(Cc1cnc[nH]1)C(=O)O. The van der Waals surface area contributed by atoms with E-state index in [4.69, 9.17) is 5.73 Å². The highest BCUT2D eigenvalue weighted by Gasteiger charge is 2.31. The molecule has 0 aliphatic rings. The summed E-state index contributed by atoms with van der Waals surface area (Å²) in [5.41, 5.74) is 6.31. The number of carbonyl (C=O) groups is 5. The maximum atomic E-state index is 12.9. The quantitative estimate of drug-likeness (QED) is 0.126. The number of nitrogens with two attached hydrogens (primary N) is 1. The molecule has 1 rings (SSSR count). The van der Waals surface area contributed by atoms with E-state index in [1.165, 1.54) is 36.0 Å². The van der Waals surface area contributed by atoms with Crippen LogP contribution in [0.2, 0.25) is 0 Å². The Hall–Kier alpha value is -2.78. The lowest BCUT2D eigenvalue weighted by atomic mass is 10.1. The standard InChI is InChI=1S/C20H32N6O7S2/c1-34-5-3-12(21)17(29)24-13(4-6-35-2)18(30)25-14(8-16(27)28)19(31)26-15(20(32)33)7-11-9-22-10-23-11/h9-10,12-15H,3-8,21H2,1-2H3,(H,22,23)(H,24,29)(H,25,30)(H,26,31)(H,27,28)(H,32,33). The van der Waals surface area contributed by atoms with Crippen LogP contribution in [-0.2, 0) is 30.4 Å². The highest BCUT2D eigenvalue weighted by molar-refractivity contribution is 7.98. The molecule has 8 N–H and O–H groups in total. The maximum Gasteiger partial charge on any atom is 0.326 e. The largest absolute Gasteiger partial charge is 0.481 e. The average Bonchev–Trinajstić information content (AvgIpc) is 3.31. The molecular formula is C20H32N6O7S2. The van der Waals surface area contributed by atoms with Gasteiger partial charge in [0, 0.05) is 18.3 Å². The third kappa shape index (κ3) is 11.5. The first-order valence-corrected chi connectivity index (χ1v) is 13.4. The van der Waals surface area contributed by atoms with E-state index in [0.29, 0.717) is 23.6 Å². The van der Waals surface area contributed by atoms with Crippen LogP contribution >= 0.6 is 23.5 Å². The van der Waals surface area contributed by atoms with Crippen LogP contribution in [0.5, 0.6) is 0 Å². The first kappa shape index (κ1) is 30.3. The predicted octanol–water partition coefficient (Wildman–Crippen LogP) is -1.20. The molecule has 0 saturated carbocycles. The van der Waals surface area contributed by atoms with Gasteiger partial charge in [-0.1, -0.05) is 0 Å². The molecule has 196 valence electrons. The second-order valence-corrected chi connectivity index (χ2v) is 9.54. The minimum absolute atomic E-state index is 0.130. The lowest BCUT2D eigenvalue weighted by Gasteiger charge is -2.24. The number of H-pyrrole nitrogens is 1. The monoisotopic (exact) mass is 532 g/mol. The topological polar surface area (TPSA) is 217 Å². The van der Waals surface area contributed by atoms with Gasteiger partial charge in [-0.05, 0) is 36.9 Å². The van der Waals surface area contributed by atoms with Crippen LogP contribution in [0.3, 0.4) is 0 Å². The van der Waals surface area contributed by atoms with Crippen molar-refractivity contribution < 1.29 is 34.2 Å². The van der Waals surface area contributed by atoms with E-state index in [1.807, 2.05) is 12.5 Å². The van der Waals surface area contributed by atoms with Crippen molar-refractivity contribution in [2.24, 2.45) is 5.73 Å². The highest BCUT2D eigenvalue weighted by Crippen LogP contribution is 2.06. The smallest absolute Gasteiger partial charge is 0.326 e. The number of carbonyl (C=O) groups excluding carboxylic acids is 3. The molecule has 15 heteroatoms. The molecule has 0 bridgehead atoms. The van der Waals surface area contributed by atoms with Crippen LogP contribution in [0.4, 0.5) is 0 Å². The molecule has 4 atom stereocenters. The minimum Gasteiger partial charge on any atom is -0.481 e. The van der Waals surface area contributed by atoms with E-state index >= 15 is 0 Å². The molecule has 1 aromatic rings. The molecule has 1 heterocycles. The summed E-state index contributed by atoms with van der Waals surface area (Å²) in [6, 6.07) is -4.84. The molecule has 3 amide bonds. The summed E-state index contributed by atoms with van der Waals surface area (Å²) in [4.78, 5) is 67.5. The molecule has 0 fully saturated rings. The van der Waals surface area contributed by atoms with Crippen LogP contribution in [0, 0.1) is 0 Å². The van der Waals surface area contributed by atoms with E-state index in [1.54, 1.807) is 0 Å². The van der Waals surface area contributed by atoms with Gasteiger partial charge >= 0.3 is 11.9 Å². The summed E-state index contributed by atoms with van der Waals surface area (Å²) >= 11 is 2.95. The van der Waals surface area contributed by atoms with Crippen LogP contribution in [0.25, 0.3) is 0 Å². The van der Waals surface area contributed by atoms with Crippen molar-refractivity contribution in [3.05, 3.63) is 18.2 Å². The number of nitrogens with one attached hydrogen (secondary N) is 4. The van der Waals surface area contributed by atoms with Crippen molar-refractivity contribution in [1.29, 1.82) is 0 Å². The van der Waals surface area contributed by atoms with Gasteiger partial charge in [0.05, 0.1) is 18.8 Å². The first-order chi connectivity index (χ1) is 16.6. The maximum absolute atomic E-state index is 12.9. The molecule has 0 aliphatic heterocycles. The molecule has 0 saturated heterocycles. The number of nitrogens with zero attached hydrogens (tertiary/aromatic N) is 1. The average molecular weight is 533 g/mol. The molecule has 0 spiro atoms. The summed E-state index contributed by atoms with van der Waals surface area (Å²) in [6.07, 6.45) is 6.12. The number of amides is 3. The van der Waals surface area contributed by atoms with E-state index in [9.17, 15) is 34.2 Å². The normalized spacial score (nSPS) is 14.3. The van der Waals surface area contributed by atoms with Gasteiger partial charge in [0.2, 0.25) is 17.7 Å². The zero-order chi connectivity index (χ0) is 26.4. The van der Waals surface area contributed by atoms with Crippen LogP contribution in [0.1, 0.15) is 25.0 Å². The van der Waals surface area contributed by atoms with Gasteiger partial charge in [0.1, 0.15) is 18.1 Å². The third-order valence-electron chi connectivity index (χ3n) is 4.82. The van der Waals surface area contributed by atoms with Crippen molar-refractivity contribution in [2.75, 3.05) is 24.0 Å². The number of imidazole rings is 1. The Bertz CT molecular complexity index is 855. The number of aromatic nitrogens is 2. The summed E-state index contributed by atoms with van der Waals surface area (Å²) in [7, 11) is 0. The van der Waals surface area contributed by atoms with Gasteiger partial charge in [0.25, 0.3) is 0 Å². The van der Waals surface area contributed by atoms with E-state index < -0.39 is 60.2 Å². The Morgan fingerprint density at radius 1 is 0.943 bits per heavy atom. The number of carboxylic acids is 2. The molecule has 1 aromatic heterocycles. The van der Waals surface area contributed by atoms with Gasteiger partial charge in [-0.3, -0.25) is 19.2 Å². The van der Waals surface area contributed by atoms with E-state index in [2.05, 4.69) is 25.9 Å². The molecule has 0 radical (unpaired) electrons. The predicted molar refractivity (Wildman–Crippen MR) is 132 cm³/mol. The van der Waals surface area contributed by atoms with Gasteiger partial charge < -0.3 is 36.9 Å². The Labute approximate surface area is 211 Å². The van der Waals surface area contributed by atoms with Crippen molar-refractivity contribution in [3.63, 3.8) is 0 Å². The summed E-state index contributed by atoms with van der Waals surface area (Å²) in [5.74, 6) is -3.87. The summed E-state index contributed by atoms with van der Waals surface area (Å²) in [6.45, 7) is 0. The first-order valence-electron chi connectivity index (χ1n) is 10.6.